The highest BCUT2D eigenvalue weighted by atomic mass is 16.2. The number of rotatable bonds is 3. The molecule has 3 rings (SSSR count). The molecule has 3 aromatic heterocycles. The quantitative estimate of drug-likeness (QED) is 0.588. The number of nitrogens with two attached hydrogens (primary N) is 2. The van der Waals surface area contributed by atoms with Crippen molar-refractivity contribution in [2.24, 2.45) is 12.8 Å². The van der Waals surface area contributed by atoms with Crippen LogP contribution in [0.25, 0.3) is 5.65 Å². The van der Waals surface area contributed by atoms with E-state index >= 15 is 0 Å². The number of aryl methyl sites for hydroxylation is 1. The zero-order valence-electron chi connectivity index (χ0n) is 11.5. The third kappa shape index (κ3) is 2.22. The molecule has 0 atom stereocenters. The fourth-order valence-electron chi connectivity index (χ4n) is 1.99. The Balaban J connectivity index is 1.97. The number of fused-ring (bicyclic) bond motifs is 1. The maximum Gasteiger partial charge on any atom is 0.271 e. The third-order valence-electron chi connectivity index (χ3n) is 2.95. The number of hydrogen-bond donors (Lipinski definition) is 3. The lowest BCUT2D eigenvalue weighted by atomic mass is 10.3. The molecule has 3 heterocycles. The van der Waals surface area contributed by atoms with Gasteiger partial charge >= 0.3 is 0 Å². The molecule has 0 fully saturated rings. The number of anilines is 2. The molecule has 0 aliphatic heterocycles. The van der Waals surface area contributed by atoms with Crippen LogP contribution in [0.2, 0.25) is 0 Å². The summed E-state index contributed by atoms with van der Waals surface area (Å²) in [6.07, 6.45) is 4.43. The van der Waals surface area contributed by atoms with E-state index in [9.17, 15) is 9.59 Å². The van der Waals surface area contributed by atoms with Crippen LogP contribution < -0.4 is 16.8 Å². The van der Waals surface area contributed by atoms with Gasteiger partial charge in [0.1, 0.15) is 11.4 Å². The molecule has 0 bridgehead atoms. The van der Waals surface area contributed by atoms with Gasteiger partial charge in [0.15, 0.2) is 11.3 Å². The Kier molecular flexibility index (Phi) is 2.98. The van der Waals surface area contributed by atoms with Crippen molar-refractivity contribution in [2.45, 2.75) is 0 Å². The number of aromatic nitrogens is 5. The average molecular weight is 300 g/mol. The molecular weight excluding hydrogens is 288 g/mol. The Morgan fingerprint density at radius 3 is 2.86 bits per heavy atom. The molecule has 0 spiro atoms. The summed E-state index contributed by atoms with van der Waals surface area (Å²) in [5, 5.41) is 10.5. The third-order valence-corrected chi connectivity index (χ3v) is 2.95. The van der Waals surface area contributed by atoms with E-state index in [0.717, 1.165) is 0 Å². The van der Waals surface area contributed by atoms with Crippen LogP contribution in [0.5, 0.6) is 0 Å². The highest BCUT2D eigenvalue weighted by Gasteiger charge is 2.19. The molecular formula is C12H12N8O2. The number of nitrogens with zero attached hydrogens (tertiary/aromatic N) is 5. The van der Waals surface area contributed by atoms with E-state index in [1.54, 1.807) is 19.3 Å². The van der Waals surface area contributed by atoms with Crippen LogP contribution in [0.1, 0.15) is 20.8 Å². The summed E-state index contributed by atoms with van der Waals surface area (Å²) in [5.41, 5.74) is 11.5. The fraction of sp³-hybridized carbons (Fsp3) is 0.0833. The minimum atomic E-state index is -0.738. The summed E-state index contributed by atoms with van der Waals surface area (Å²) < 4.78 is 2.80. The number of nitrogens with one attached hydrogen (secondary N) is 1. The van der Waals surface area contributed by atoms with Crippen LogP contribution in [0.4, 0.5) is 11.5 Å². The Labute approximate surface area is 123 Å². The summed E-state index contributed by atoms with van der Waals surface area (Å²) in [4.78, 5) is 27.7. The zero-order valence-corrected chi connectivity index (χ0v) is 11.5. The van der Waals surface area contributed by atoms with Crippen molar-refractivity contribution < 1.29 is 9.59 Å². The summed E-state index contributed by atoms with van der Waals surface area (Å²) in [6, 6.07) is 1.56. The summed E-state index contributed by atoms with van der Waals surface area (Å²) in [6.45, 7) is 0. The Hall–Kier alpha value is -3.43. The number of hydrogen-bond acceptors (Lipinski definition) is 6. The minimum Gasteiger partial charge on any atom is -0.384 e. The van der Waals surface area contributed by atoms with Gasteiger partial charge in [0.2, 0.25) is 0 Å². The normalized spacial score (nSPS) is 10.8. The van der Waals surface area contributed by atoms with E-state index in [2.05, 4.69) is 20.5 Å². The predicted octanol–water partition coefficient (Wildman–Crippen LogP) is -0.604. The molecule has 0 unspecified atom stereocenters. The lowest BCUT2D eigenvalue weighted by Gasteiger charge is -2.02. The summed E-state index contributed by atoms with van der Waals surface area (Å²) in [7, 11) is 1.61. The van der Waals surface area contributed by atoms with E-state index in [4.69, 9.17) is 11.5 Å². The first-order valence-electron chi connectivity index (χ1n) is 6.20. The van der Waals surface area contributed by atoms with Gasteiger partial charge in [-0.3, -0.25) is 14.3 Å². The van der Waals surface area contributed by atoms with Crippen LogP contribution in [0, 0.1) is 0 Å². The molecule has 0 aliphatic rings. The average Bonchev–Trinajstić information content (AvgIpc) is 3.01. The van der Waals surface area contributed by atoms with Crippen LogP contribution in [-0.2, 0) is 7.05 Å². The first-order valence-corrected chi connectivity index (χ1v) is 6.20. The largest absolute Gasteiger partial charge is 0.384 e. The van der Waals surface area contributed by atoms with Crippen molar-refractivity contribution in [1.29, 1.82) is 0 Å². The van der Waals surface area contributed by atoms with Crippen LogP contribution >= 0.6 is 0 Å². The molecule has 3 aromatic rings. The molecule has 22 heavy (non-hydrogen) atoms. The molecule has 0 aromatic carbocycles. The second-order valence-electron chi connectivity index (χ2n) is 4.56. The van der Waals surface area contributed by atoms with Gasteiger partial charge in [0, 0.05) is 19.4 Å². The van der Waals surface area contributed by atoms with Gasteiger partial charge < -0.3 is 16.8 Å². The summed E-state index contributed by atoms with van der Waals surface area (Å²) >= 11 is 0. The van der Waals surface area contributed by atoms with Crippen molar-refractivity contribution in [3.8, 4) is 0 Å². The van der Waals surface area contributed by atoms with Gasteiger partial charge in [0.25, 0.3) is 11.8 Å². The second kappa shape index (κ2) is 4.84. The van der Waals surface area contributed by atoms with Crippen molar-refractivity contribution in [3.63, 3.8) is 0 Å². The van der Waals surface area contributed by atoms with Gasteiger partial charge in [-0.2, -0.15) is 10.2 Å². The second-order valence-corrected chi connectivity index (χ2v) is 4.56. The van der Waals surface area contributed by atoms with Crippen LogP contribution in [0.15, 0.2) is 24.7 Å². The highest BCUT2D eigenvalue weighted by Crippen LogP contribution is 2.16. The molecule has 0 radical (unpaired) electrons. The highest BCUT2D eigenvalue weighted by molar-refractivity contribution is 6.10. The monoisotopic (exact) mass is 300 g/mol. The topological polar surface area (TPSA) is 146 Å². The lowest BCUT2D eigenvalue weighted by Crippen LogP contribution is -2.18. The molecule has 10 nitrogen and oxygen atoms in total. The molecule has 112 valence electrons. The zero-order chi connectivity index (χ0) is 15.9. The minimum absolute atomic E-state index is 0.0280. The van der Waals surface area contributed by atoms with Crippen LogP contribution in [-0.4, -0.2) is 36.2 Å². The van der Waals surface area contributed by atoms with E-state index in [-0.39, 0.29) is 22.8 Å². The Morgan fingerprint density at radius 2 is 2.14 bits per heavy atom. The van der Waals surface area contributed by atoms with Gasteiger partial charge in [0.05, 0.1) is 11.9 Å². The lowest BCUT2D eigenvalue weighted by molar-refractivity contribution is 0.0995. The van der Waals surface area contributed by atoms with Gasteiger partial charge in [-0.25, -0.2) is 9.50 Å². The number of nitrogen functional groups attached to an aromatic ring is 1. The van der Waals surface area contributed by atoms with Crippen molar-refractivity contribution in [2.75, 3.05) is 11.1 Å². The smallest absolute Gasteiger partial charge is 0.271 e. The maximum atomic E-state index is 12.4. The first-order chi connectivity index (χ1) is 10.5. The molecule has 5 N–H and O–H groups in total. The van der Waals surface area contributed by atoms with E-state index in [1.807, 2.05) is 0 Å². The predicted molar refractivity (Wildman–Crippen MR) is 77.1 cm³/mol. The number of primary amides is 1. The maximum absolute atomic E-state index is 12.4. The van der Waals surface area contributed by atoms with Gasteiger partial charge in [-0.15, -0.1) is 0 Å². The molecule has 0 saturated heterocycles. The standard InChI is InChI=1S/C12H12N8O2/c1-19-5-7(9(18-19)10(14)21)16-12(22)6-4-15-20-3-2-8(13)17-11(6)20/h2-5H,1H3,(H2,13,17)(H2,14,21)(H,16,22). The molecule has 0 saturated carbocycles. The number of amides is 2. The SMILES string of the molecule is Cn1cc(NC(=O)c2cnn3ccc(N)nc23)c(C(N)=O)n1. The summed E-state index contributed by atoms with van der Waals surface area (Å²) in [5.74, 6) is -0.969. The van der Waals surface area contributed by atoms with E-state index in [0.29, 0.717) is 5.65 Å². The van der Waals surface area contributed by atoms with Gasteiger partial charge in [-0.1, -0.05) is 0 Å². The van der Waals surface area contributed by atoms with Crippen molar-refractivity contribution in [1.82, 2.24) is 24.4 Å². The number of carbonyl (C=O) groups excluding carboxylic acids is 2. The van der Waals surface area contributed by atoms with E-state index in [1.165, 1.54) is 21.6 Å². The first kappa shape index (κ1) is 13.5. The van der Waals surface area contributed by atoms with Gasteiger partial charge in [-0.05, 0) is 6.07 Å². The van der Waals surface area contributed by atoms with Crippen molar-refractivity contribution in [3.05, 3.63) is 35.9 Å². The molecule has 10 heteroatoms. The molecule has 2 amide bonds. The Bertz CT molecular complexity index is 894. The van der Waals surface area contributed by atoms with Crippen LogP contribution in [0.3, 0.4) is 0 Å². The van der Waals surface area contributed by atoms with Crippen molar-refractivity contribution >= 4 is 29.0 Å². The van der Waals surface area contributed by atoms with E-state index < -0.39 is 11.8 Å². The fourth-order valence-corrected chi connectivity index (χ4v) is 1.99. The number of carbonyl (C=O) groups is 2. The Morgan fingerprint density at radius 1 is 1.36 bits per heavy atom. The molecule has 0 aliphatic carbocycles.